The molecule has 2 rings (SSSR count). The Morgan fingerprint density at radius 3 is 2.89 bits per heavy atom. The lowest BCUT2D eigenvalue weighted by Gasteiger charge is -2.10. The summed E-state index contributed by atoms with van der Waals surface area (Å²) in [6.45, 7) is 2.02. The molecule has 1 N–H and O–H groups in total. The molecule has 0 aliphatic heterocycles. The molecule has 5 heteroatoms. The van der Waals surface area contributed by atoms with Gasteiger partial charge in [-0.15, -0.1) is 11.8 Å². The third-order valence-electron chi connectivity index (χ3n) is 2.82. The molecule has 0 saturated heterocycles. The van der Waals surface area contributed by atoms with E-state index >= 15 is 0 Å². The van der Waals surface area contributed by atoms with Crippen LogP contribution in [-0.4, -0.2) is 28.9 Å². The van der Waals surface area contributed by atoms with Crippen molar-refractivity contribution in [2.24, 2.45) is 0 Å². The second kappa shape index (κ2) is 5.93. The van der Waals surface area contributed by atoms with Gasteiger partial charge in [-0.2, -0.15) is 0 Å². The van der Waals surface area contributed by atoms with Crippen LogP contribution < -0.4 is 4.74 Å². The van der Waals surface area contributed by atoms with Gasteiger partial charge in [-0.25, -0.2) is 0 Å². The summed E-state index contributed by atoms with van der Waals surface area (Å²) in [6.07, 6.45) is 1.88. The highest BCUT2D eigenvalue weighted by Gasteiger charge is 2.10. The maximum absolute atomic E-state index is 10.6. The van der Waals surface area contributed by atoms with Crippen LogP contribution in [0.5, 0.6) is 5.75 Å². The fourth-order valence-corrected chi connectivity index (χ4v) is 2.96. The van der Waals surface area contributed by atoms with E-state index in [2.05, 4.69) is 4.98 Å². The van der Waals surface area contributed by atoms with E-state index < -0.39 is 5.97 Å². The second-order valence-electron chi connectivity index (χ2n) is 4.11. The number of aryl methyl sites for hydroxylation is 1. The SMILES string of the molecule is COc1ccc(C)c2c(SCCC(=O)O)ccnc12. The van der Waals surface area contributed by atoms with E-state index in [1.165, 1.54) is 11.8 Å². The first-order chi connectivity index (χ1) is 9.13. The topological polar surface area (TPSA) is 59.4 Å². The molecule has 0 spiro atoms. The molecule has 1 aromatic heterocycles. The molecular weight excluding hydrogens is 262 g/mol. The van der Waals surface area contributed by atoms with E-state index in [0.717, 1.165) is 27.1 Å². The van der Waals surface area contributed by atoms with Crippen molar-refractivity contribution in [3.63, 3.8) is 0 Å². The van der Waals surface area contributed by atoms with Crippen LogP contribution in [0.3, 0.4) is 0 Å². The summed E-state index contributed by atoms with van der Waals surface area (Å²) in [6, 6.07) is 5.81. The van der Waals surface area contributed by atoms with Crippen LogP contribution in [0.15, 0.2) is 29.3 Å². The lowest BCUT2D eigenvalue weighted by atomic mass is 10.1. The smallest absolute Gasteiger partial charge is 0.304 e. The van der Waals surface area contributed by atoms with Crippen LogP contribution in [0.1, 0.15) is 12.0 Å². The van der Waals surface area contributed by atoms with Crippen molar-refractivity contribution in [2.45, 2.75) is 18.2 Å². The first-order valence-electron chi connectivity index (χ1n) is 5.90. The third-order valence-corrected chi connectivity index (χ3v) is 3.88. The number of hydrogen-bond donors (Lipinski definition) is 1. The number of fused-ring (bicyclic) bond motifs is 1. The molecule has 1 aromatic carbocycles. The lowest BCUT2D eigenvalue weighted by molar-refractivity contribution is -0.136. The monoisotopic (exact) mass is 277 g/mol. The van der Waals surface area contributed by atoms with Crippen LogP contribution in [0.4, 0.5) is 0 Å². The number of carboxylic acids is 1. The zero-order valence-electron chi connectivity index (χ0n) is 10.8. The van der Waals surface area contributed by atoms with Crippen LogP contribution in [0.25, 0.3) is 10.9 Å². The van der Waals surface area contributed by atoms with Crippen molar-refractivity contribution in [2.75, 3.05) is 12.9 Å². The van der Waals surface area contributed by atoms with E-state index in [1.807, 2.05) is 25.1 Å². The predicted molar refractivity (Wildman–Crippen MR) is 76.0 cm³/mol. The summed E-state index contributed by atoms with van der Waals surface area (Å²) in [5.74, 6) is 0.506. The van der Waals surface area contributed by atoms with Crippen LogP contribution in [-0.2, 0) is 4.79 Å². The van der Waals surface area contributed by atoms with Gasteiger partial charge in [0.2, 0.25) is 0 Å². The molecular formula is C14H15NO3S. The molecule has 19 heavy (non-hydrogen) atoms. The van der Waals surface area contributed by atoms with Gasteiger partial charge < -0.3 is 9.84 Å². The van der Waals surface area contributed by atoms with Crippen molar-refractivity contribution >= 4 is 28.6 Å². The minimum atomic E-state index is -0.778. The number of thioether (sulfide) groups is 1. The van der Waals surface area contributed by atoms with Crippen LogP contribution in [0, 0.1) is 6.92 Å². The average molecular weight is 277 g/mol. The van der Waals surface area contributed by atoms with E-state index in [4.69, 9.17) is 9.84 Å². The number of carboxylic acid groups (broad SMARTS) is 1. The molecule has 0 fully saturated rings. The summed E-state index contributed by atoms with van der Waals surface area (Å²) in [4.78, 5) is 16.0. The molecule has 4 nitrogen and oxygen atoms in total. The maximum Gasteiger partial charge on any atom is 0.304 e. The van der Waals surface area contributed by atoms with E-state index in [9.17, 15) is 4.79 Å². The molecule has 0 aliphatic carbocycles. The summed E-state index contributed by atoms with van der Waals surface area (Å²) in [5, 5.41) is 9.73. The maximum atomic E-state index is 10.6. The number of hydrogen-bond acceptors (Lipinski definition) is 4. The standard InChI is InChI=1S/C14H15NO3S/c1-9-3-4-10(18-2)14-13(9)11(5-7-15-14)19-8-6-12(16)17/h3-5,7H,6,8H2,1-2H3,(H,16,17). The van der Waals surface area contributed by atoms with E-state index in [-0.39, 0.29) is 6.42 Å². The molecule has 0 amide bonds. The summed E-state index contributed by atoms with van der Waals surface area (Å²) >= 11 is 1.54. The predicted octanol–water partition coefficient (Wildman–Crippen LogP) is 3.12. The Labute approximate surface area is 115 Å². The minimum Gasteiger partial charge on any atom is -0.494 e. The van der Waals surface area contributed by atoms with Crippen LogP contribution >= 0.6 is 11.8 Å². The zero-order valence-corrected chi connectivity index (χ0v) is 11.7. The number of methoxy groups -OCH3 is 1. The Morgan fingerprint density at radius 1 is 1.42 bits per heavy atom. The second-order valence-corrected chi connectivity index (χ2v) is 5.25. The van der Waals surface area contributed by atoms with Gasteiger partial charge >= 0.3 is 5.97 Å². The molecule has 100 valence electrons. The van der Waals surface area contributed by atoms with Gasteiger partial charge in [0.15, 0.2) is 0 Å². The molecule has 0 atom stereocenters. The molecule has 2 aromatic rings. The number of aliphatic carboxylic acids is 1. The Bertz CT molecular complexity index is 613. The van der Waals surface area contributed by atoms with Crippen LogP contribution in [0.2, 0.25) is 0 Å². The minimum absolute atomic E-state index is 0.150. The first-order valence-corrected chi connectivity index (χ1v) is 6.89. The van der Waals surface area contributed by atoms with Crippen molar-refractivity contribution in [3.05, 3.63) is 30.0 Å². The van der Waals surface area contributed by atoms with Gasteiger partial charge in [0.05, 0.1) is 13.5 Å². The first kappa shape index (κ1) is 13.7. The normalized spacial score (nSPS) is 10.6. The summed E-state index contributed by atoms with van der Waals surface area (Å²) in [5.41, 5.74) is 1.93. The van der Waals surface area contributed by atoms with Gasteiger partial charge in [-0.1, -0.05) is 6.07 Å². The molecule has 0 aliphatic rings. The van der Waals surface area contributed by atoms with Gasteiger partial charge in [0.25, 0.3) is 0 Å². The number of pyridine rings is 1. The molecule has 1 heterocycles. The van der Waals surface area contributed by atoms with Gasteiger partial charge in [0.1, 0.15) is 11.3 Å². The Kier molecular flexibility index (Phi) is 4.27. The largest absolute Gasteiger partial charge is 0.494 e. The third kappa shape index (κ3) is 2.98. The number of aromatic nitrogens is 1. The van der Waals surface area contributed by atoms with Crippen molar-refractivity contribution in [1.82, 2.24) is 4.98 Å². The van der Waals surface area contributed by atoms with Gasteiger partial charge in [-0.05, 0) is 24.6 Å². The van der Waals surface area contributed by atoms with Gasteiger partial charge in [0, 0.05) is 22.2 Å². The summed E-state index contributed by atoms with van der Waals surface area (Å²) in [7, 11) is 1.62. The molecule has 0 bridgehead atoms. The number of ether oxygens (including phenoxy) is 1. The number of rotatable bonds is 5. The Balaban J connectivity index is 2.41. The van der Waals surface area contributed by atoms with E-state index in [1.54, 1.807) is 13.3 Å². The zero-order chi connectivity index (χ0) is 13.8. The Hall–Kier alpha value is -1.75. The highest BCUT2D eigenvalue weighted by atomic mass is 32.2. The van der Waals surface area contributed by atoms with Gasteiger partial charge in [-0.3, -0.25) is 9.78 Å². The quantitative estimate of drug-likeness (QED) is 0.851. The molecule has 0 saturated carbocycles. The van der Waals surface area contributed by atoms with E-state index in [0.29, 0.717) is 5.75 Å². The van der Waals surface area contributed by atoms with Crippen molar-refractivity contribution in [3.8, 4) is 5.75 Å². The highest BCUT2D eigenvalue weighted by molar-refractivity contribution is 7.99. The Morgan fingerprint density at radius 2 is 2.21 bits per heavy atom. The highest BCUT2D eigenvalue weighted by Crippen LogP contribution is 2.34. The molecule has 0 unspecified atom stereocenters. The lowest BCUT2D eigenvalue weighted by Crippen LogP contribution is -1.96. The fourth-order valence-electron chi connectivity index (χ4n) is 1.91. The number of carbonyl (C=O) groups is 1. The van der Waals surface area contributed by atoms with Crippen molar-refractivity contribution < 1.29 is 14.6 Å². The fraction of sp³-hybridized carbons (Fsp3) is 0.286. The number of nitrogens with zero attached hydrogens (tertiary/aromatic N) is 1. The van der Waals surface area contributed by atoms with Crippen molar-refractivity contribution in [1.29, 1.82) is 0 Å². The average Bonchev–Trinajstić information content (AvgIpc) is 2.39. The summed E-state index contributed by atoms with van der Waals surface area (Å²) < 4.78 is 5.31. The molecule has 0 radical (unpaired) electrons. The number of benzene rings is 1.